The maximum absolute atomic E-state index is 11.2. The molecule has 5 heteroatoms. The summed E-state index contributed by atoms with van der Waals surface area (Å²) in [6.45, 7) is 1.07. The molecular formula is C10H15N3O2. The summed E-state index contributed by atoms with van der Waals surface area (Å²) in [5.74, 6) is 0.299. The van der Waals surface area contributed by atoms with Gasteiger partial charge in [-0.05, 0) is 18.9 Å². The standard InChI is InChI=1S/C10H15N3O2/c14-7-10(15)13-5-2-8(3-6-13)9-1-4-11-12-9/h1,4,8,14H,2-3,5-7H2,(H,11,12). The minimum atomic E-state index is -0.380. The van der Waals surface area contributed by atoms with E-state index >= 15 is 0 Å². The molecule has 0 aromatic carbocycles. The van der Waals surface area contributed by atoms with E-state index in [0.717, 1.165) is 31.6 Å². The summed E-state index contributed by atoms with van der Waals surface area (Å²) < 4.78 is 0. The van der Waals surface area contributed by atoms with Crippen molar-refractivity contribution in [3.8, 4) is 0 Å². The van der Waals surface area contributed by atoms with Crippen LogP contribution in [0.4, 0.5) is 0 Å². The molecule has 0 bridgehead atoms. The van der Waals surface area contributed by atoms with Crippen LogP contribution in [0.15, 0.2) is 12.3 Å². The van der Waals surface area contributed by atoms with Crippen LogP contribution in [-0.2, 0) is 4.79 Å². The molecule has 1 aliphatic rings. The number of aliphatic hydroxyl groups is 1. The first-order valence-electron chi connectivity index (χ1n) is 5.19. The number of nitrogens with zero attached hydrogens (tertiary/aromatic N) is 2. The lowest BCUT2D eigenvalue weighted by atomic mass is 9.94. The Hall–Kier alpha value is -1.36. The first-order valence-corrected chi connectivity index (χ1v) is 5.19. The average molecular weight is 209 g/mol. The van der Waals surface area contributed by atoms with Crippen LogP contribution in [0, 0.1) is 0 Å². The second-order valence-electron chi connectivity index (χ2n) is 3.83. The van der Waals surface area contributed by atoms with Crippen LogP contribution in [0.1, 0.15) is 24.5 Å². The van der Waals surface area contributed by atoms with Crippen molar-refractivity contribution in [2.45, 2.75) is 18.8 Å². The third-order valence-corrected chi connectivity index (χ3v) is 2.95. The van der Waals surface area contributed by atoms with E-state index in [4.69, 9.17) is 5.11 Å². The molecule has 1 aromatic rings. The summed E-state index contributed by atoms with van der Waals surface area (Å²) in [7, 11) is 0. The first kappa shape index (κ1) is 10.2. The third kappa shape index (κ3) is 2.18. The van der Waals surface area contributed by atoms with Crippen molar-refractivity contribution in [1.82, 2.24) is 15.1 Å². The van der Waals surface area contributed by atoms with E-state index in [9.17, 15) is 4.79 Å². The molecule has 1 fully saturated rings. The Morgan fingerprint density at radius 2 is 2.33 bits per heavy atom. The van der Waals surface area contributed by atoms with Crippen molar-refractivity contribution < 1.29 is 9.90 Å². The minimum absolute atomic E-state index is 0.168. The molecule has 2 rings (SSSR count). The predicted octanol–water partition coefficient (Wildman–Crippen LogP) is 0.108. The van der Waals surface area contributed by atoms with E-state index in [0.29, 0.717) is 5.92 Å². The van der Waals surface area contributed by atoms with Gasteiger partial charge in [-0.25, -0.2) is 0 Å². The molecule has 1 aliphatic heterocycles. The summed E-state index contributed by atoms with van der Waals surface area (Å²) in [5.41, 5.74) is 1.14. The largest absolute Gasteiger partial charge is 0.387 e. The van der Waals surface area contributed by atoms with Crippen LogP contribution in [0.5, 0.6) is 0 Å². The quantitative estimate of drug-likeness (QED) is 0.726. The van der Waals surface area contributed by atoms with E-state index in [1.807, 2.05) is 6.07 Å². The second-order valence-corrected chi connectivity index (χ2v) is 3.83. The molecule has 0 aliphatic carbocycles. The van der Waals surface area contributed by atoms with Gasteiger partial charge in [-0.2, -0.15) is 5.10 Å². The number of hydrogen-bond donors (Lipinski definition) is 2. The summed E-state index contributed by atoms with van der Waals surface area (Å²) >= 11 is 0. The van der Waals surface area contributed by atoms with Gasteiger partial charge in [-0.15, -0.1) is 0 Å². The molecule has 1 amide bonds. The fourth-order valence-electron chi connectivity index (χ4n) is 2.03. The normalized spacial score (nSPS) is 18.1. The van der Waals surface area contributed by atoms with Gasteiger partial charge in [0.15, 0.2) is 0 Å². The number of likely N-dealkylation sites (tertiary alicyclic amines) is 1. The number of aromatic amines is 1. The zero-order valence-electron chi connectivity index (χ0n) is 8.52. The van der Waals surface area contributed by atoms with Crippen LogP contribution in [0.25, 0.3) is 0 Å². The SMILES string of the molecule is O=C(CO)N1CCC(c2ccn[nH]2)CC1. The summed E-state index contributed by atoms with van der Waals surface area (Å²) in [6, 6.07) is 1.98. The number of H-pyrrole nitrogens is 1. The maximum Gasteiger partial charge on any atom is 0.248 e. The van der Waals surface area contributed by atoms with Gasteiger partial charge in [-0.1, -0.05) is 0 Å². The van der Waals surface area contributed by atoms with Gasteiger partial charge in [0, 0.05) is 30.9 Å². The maximum atomic E-state index is 11.2. The molecule has 1 aromatic heterocycles. The van der Waals surface area contributed by atoms with Crippen LogP contribution in [-0.4, -0.2) is 45.8 Å². The Balaban J connectivity index is 1.90. The number of carbonyl (C=O) groups is 1. The Bertz CT molecular complexity index is 315. The van der Waals surface area contributed by atoms with Gasteiger partial charge in [-0.3, -0.25) is 9.89 Å². The number of aliphatic hydroxyl groups excluding tert-OH is 1. The average Bonchev–Trinajstić information content (AvgIpc) is 2.82. The number of amides is 1. The summed E-state index contributed by atoms with van der Waals surface area (Å²) in [6.07, 6.45) is 3.63. The Labute approximate surface area is 88.1 Å². The lowest BCUT2D eigenvalue weighted by Crippen LogP contribution is -2.39. The molecular weight excluding hydrogens is 194 g/mol. The highest BCUT2D eigenvalue weighted by Gasteiger charge is 2.23. The molecule has 2 heterocycles. The lowest BCUT2D eigenvalue weighted by Gasteiger charge is -2.31. The molecule has 1 saturated heterocycles. The van der Waals surface area contributed by atoms with E-state index in [1.165, 1.54) is 0 Å². The van der Waals surface area contributed by atoms with Gasteiger partial charge in [0.1, 0.15) is 6.61 Å². The number of hydrogen-bond acceptors (Lipinski definition) is 3. The first-order chi connectivity index (χ1) is 7.31. The van der Waals surface area contributed by atoms with Crippen molar-refractivity contribution in [1.29, 1.82) is 0 Å². The van der Waals surface area contributed by atoms with Crippen molar-refractivity contribution in [3.63, 3.8) is 0 Å². The molecule has 0 spiro atoms. The molecule has 15 heavy (non-hydrogen) atoms. The fourth-order valence-corrected chi connectivity index (χ4v) is 2.03. The highest BCUT2D eigenvalue weighted by atomic mass is 16.3. The Morgan fingerprint density at radius 1 is 1.60 bits per heavy atom. The second kappa shape index (κ2) is 4.44. The molecule has 0 saturated carbocycles. The van der Waals surface area contributed by atoms with Crippen molar-refractivity contribution in [2.24, 2.45) is 0 Å². The minimum Gasteiger partial charge on any atom is -0.387 e. The van der Waals surface area contributed by atoms with Gasteiger partial charge >= 0.3 is 0 Å². The number of aromatic nitrogens is 2. The van der Waals surface area contributed by atoms with Crippen molar-refractivity contribution in [3.05, 3.63) is 18.0 Å². The number of carbonyl (C=O) groups excluding carboxylic acids is 1. The van der Waals surface area contributed by atoms with Gasteiger partial charge in [0.25, 0.3) is 0 Å². The lowest BCUT2D eigenvalue weighted by molar-refractivity contribution is -0.135. The fraction of sp³-hybridized carbons (Fsp3) is 0.600. The number of rotatable bonds is 2. The van der Waals surface area contributed by atoms with E-state index in [2.05, 4.69) is 10.2 Å². The molecule has 0 atom stereocenters. The van der Waals surface area contributed by atoms with E-state index in [1.54, 1.807) is 11.1 Å². The highest BCUT2D eigenvalue weighted by Crippen LogP contribution is 2.25. The molecule has 82 valence electrons. The van der Waals surface area contributed by atoms with Crippen molar-refractivity contribution >= 4 is 5.91 Å². The monoisotopic (exact) mass is 209 g/mol. The zero-order valence-corrected chi connectivity index (χ0v) is 8.52. The van der Waals surface area contributed by atoms with E-state index in [-0.39, 0.29) is 12.5 Å². The predicted molar refractivity (Wildman–Crippen MR) is 54.2 cm³/mol. The van der Waals surface area contributed by atoms with E-state index < -0.39 is 0 Å². The summed E-state index contributed by atoms with van der Waals surface area (Å²) in [4.78, 5) is 12.9. The molecule has 2 N–H and O–H groups in total. The molecule has 5 nitrogen and oxygen atoms in total. The van der Waals surface area contributed by atoms with Crippen LogP contribution in [0.2, 0.25) is 0 Å². The van der Waals surface area contributed by atoms with Gasteiger partial charge in [0.05, 0.1) is 0 Å². The van der Waals surface area contributed by atoms with Crippen molar-refractivity contribution in [2.75, 3.05) is 19.7 Å². The summed E-state index contributed by atoms with van der Waals surface area (Å²) in [5, 5.41) is 15.6. The smallest absolute Gasteiger partial charge is 0.248 e. The van der Waals surface area contributed by atoms with Gasteiger partial charge in [0.2, 0.25) is 5.91 Å². The Kier molecular flexibility index (Phi) is 3.01. The zero-order chi connectivity index (χ0) is 10.7. The number of nitrogens with one attached hydrogen (secondary N) is 1. The van der Waals surface area contributed by atoms with Gasteiger partial charge < -0.3 is 10.0 Å². The van der Waals surface area contributed by atoms with Crippen LogP contribution in [0.3, 0.4) is 0 Å². The number of piperidine rings is 1. The Morgan fingerprint density at radius 3 is 2.87 bits per heavy atom. The topological polar surface area (TPSA) is 69.2 Å². The highest BCUT2D eigenvalue weighted by molar-refractivity contribution is 5.77. The molecule has 0 unspecified atom stereocenters. The molecule has 0 radical (unpaired) electrons. The van der Waals surface area contributed by atoms with Crippen LogP contribution >= 0.6 is 0 Å². The van der Waals surface area contributed by atoms with Crippen LogP contribution < -0.4 is 0 Å². The third-order valence-electron chi connectivity index (χ3n) is 2.95.